The van der Waals surface area contributed by atoms with Crippen LogP contribution in [0.3, 0.4) is 0 Å². The average molecular weight is 488 g/mol. The molecule has 3 aromatic rings. The minimum Gasteiger partial charge on any atom is -0.497 e. The van der Waals surface area contributed by atoms with Crippen molar-refractivity contribution in [2.24, 2.45) is 0 Å². The van der Waals surface area contributed by atoms with E-state index in [1.165, 1.54) is 13.2 Å². The first kappa shape index (κ1) is 23.5. The van der Waals surface area contributed by atoms with Crippen molar-refractivity contribution in [1.82, 2.24) is 0 Å². The molecule has 0 bridgehead atoms. The van der Waals surface area contributed by atoms with E-state index in [2.05, 4.69) is 5.32 Å². The summed E-state index contributed by atoms with van der Waals surface area (Å²) in [6.07, 6.45) is 1.45. The van der Waals surface area contributed by atoms with Gasteiger partial charge in [0.2, 0.25) is 0 Å². The van der Waals surface area contributed by atoms with Crippen LogP contribution in [-0.4, -0.2) is 13.0 Å². The Balaban J connectivity index is 1.86. The fraction of sp³-hybridized carbons (Fsp3) is 0.0833. The van der Waals surface area contributed by atoms with E-state index in [1.54, 1.807) is 60.7 Å². The van der Waals surface area contributed by atoms with Crippen LogP contribution in [0.1, 0.15) is 11.1 Å². The van der Waals surface area contributed by atoms with Crippen LogP contribution in [0.2, 0.25) is 15.1 Å². The van der Waals surface area contributed by atoms with Crippen molar-refractivity contribution < 1.29 is 14.3 Å². The summed E-state index contributed by atoms with van der Waals surface area (Å²) >= 11 is 18.0. The minimum absolute atomic E-state index is 0.102. The Labute approximate surface area is 200 Å². The molecule has 1 N–H and O–H groups in total. The lowest BCUT2D eigenvalue weighted by atomic mass is 10.1. The van der Waals surface area contributed by atoms with Crippen molar-refractivity contribution in [3.8, 4) is 17.6 Å². The number of nitriles is 1. The molecule has 162 valence electrons. The molecule has 0 aliphatic carbocycles. The summed E-state index contributed by atoms with van der Waals surface area (Å²) in [6.45, 7) is 0.196. The van der Waals surface area contributed by atoms with E-state index in [-0.39, 0.29) is 12.2 Å². The predicted octanol–water partition coefficient (Wildman–Crippen LogP) is 6.78. The normalized spacial score (nSPS) is 10.9. The number of hydrogen-bond donors (Lipinski definition) is 1. The highest BCUT2D eigenvalue weighted by atomic mass is 35.5. The summed E-state index contributed by atoms with van der Waals surface area (Å²) < 4.78 is 11.2. The maximum atomic E-state index is 12.6. The Morgan fingerprint density at radius 1 is 1.06 bits per heavy atom. The lowest BCUT2D eigenvalue weighted by molar-refractivity contribution is -0.112. The molecule has 0 atom stereocenters. The highest BCUT2D eigenvalue weighted by Crippen LogP contribution is 2.29. The average Bonchev–Trinajstić information content (AvgIpc) is 2.78. The first-order valence-electron chi connectivity index (χ1n) is 9.33. The number of benzene rings is 3. The molecule has 32 heavy (non-hydrogen) atoms. The first-order chi connectivity index (χ1) is 15.4. The van der Waals surface area contributed by atoms with Gasteiger partial charge in [0.05, 0.1) is 17.2 Å². The van der Waals surface area contributed by atoms with E-state index in [4.69, 9.17) is 44.3 Å². The molecule has 0 saturated heterocycles. The fourth-order valence-electron chi connectivity index (χ4n) is 2.75. The summed E-state index contributed by atoms with van der Waals surface area (Å²) in [6, 6.07) is 18.9. The van der Waals surface area contributed by atoms with Gasteiger partial charge in [0.1, 0.15) is 29.7 Å². The Kier molecular flexibility index (Phi) is 8.02. The van der Waals surface area contributed by atoms with E-state index in [9.17, 15) is 10.1 Å². The van der Waals surface area contributed by atoms with Crippen molar-refractivity contribution in [2.75, 3.05) is 12.4 Å². The zero-order valence-electron chi connectivity index (χ0n) is 16.9. The van der Waals surface area contributed by atoms with Crippen LogP contribution in [0.15, 0.2) is 66.2 Å². The zero-order chi connectivity index (χ0) is 23.1. The van der Waals surface area contributed by atoms with Crippen LogP contribution >= 0.6 is 34.8 Å². The molecule has 3 aromatic carbocycles. The summed E-state index contributed by atoms with van der Waals surface area (Å²) in [5.41, 5.74) is 1.71. The Bertz CT molecular complexity index is 1220. The van der Waals surface area contributed by atoms with E-state index >= 15 is 0 Å². The third-order valence-corrected chi connectivity index (χ3v) is 5.32. The molecule has 8 heteroatoms. The molecule has 5 nitrogen and oxygen atoms in total. The van der Waals surface area contributed by atoms with Gasteiger partial charge >= 0.3 is 0 Å². The lowest BCUT2D eigenvalue weighted by Gasteiger charge is -2.12. The van der Waals surface area contributed by atoms with Crippen LogP contribution in [0.4, 0.5) is 5.69 Å². The third kappa shape index (κ3) is 6.18. The number of carbonyl (C=O) groups excluding carboxylic acids is 1. The zero-order valence-corrected chi connectivity index (χ0v) is 19.1. The summed E-state index contributed by atoms with van der Waals surface area (Å²) in [4.78, 5) is 12.6. The van der Waals surface area contributed by atoms with Crippen molar-refractivity contribution >= 4 is 52.5 Å². The Morgan fingerprint density at radius 3 is 2.56 bits per heavy atom. The molecule has 1 amide bonds. The molecule has 0 fully saturated rings. The summed E-state index contributed by atoms with van der Waals surface area (Å²) in [7, 11) is 1.53. The molecule has 0 spiro atoms. The van der Waals surface area contributed by atoms with Gasteiger partial charge in [-0.3, -0.25) is 4.79 Å². The molecule has 0 radical (unpaired) electrons. The maximum Gasteiger partial charge on any atom is 0.266 e. The van der Waals surface area contributed by atoms with Gasteiger partial charge in [-0.1, -0.05) is 46.9 Å². The Hall–Kier alpha value is -3.17. The standard InChI is InChI=1S/C24H17Cl3N2O3/c1-31-20-7-6-16(23(12-20)32-14-15-5-8-21(26)22(27)9-15)10-17(13-28)24(30)29-19-4-2-3-18(25)11-19/h2-12H,14H2,1H3,(H,29,30)/b17-10+. The fourth-order valence-corrected chi connectivity index (χ4v) is 3.26. The van der Waals surface area contributed by atoms with E-state index in [1.807, 2.05) is 6.07 Å². The van der Waals surface area contributed by atoms with Crippen molar-refractivity contribution in [2.45, 2.75) is 6.61 Å². The maximum absolute atomic E-state index is 12.6. The molecule has 3 rings (SSSR count). The van der Waals surface area contributed by atoms with Crippen LogP contribution in [-0.2, 0) is 11.4 Å². The highest BCUT2D eigenvalue weighted by molar-refractivity contribution is 6.42. The molecule has 0 unspecified atom stereocenters. The highest BCUT2D eigenvalue weighted by Gasteiger charge is 2.13. The minimum atomic E-state index is -0.569. The topological polar surface area (TPSA) is 71.3 Å². The molecular weight excluding hydrogens is 471 g/mol. The molecule has 0 aliphatic heterocycles. The molecule has 0 heterocycles. The van der Waals surface area contributed by atoms with Crippen LogP contribution in [0.25, 0.3) is 6.08 Å². The number of nitrogens with one attached hydrogen (secondary N) is 1. The number of methoxy groups -OCH3 is 1. The van der Waals surface area contributed by atoms with Crippen molar-refractivity contribution in [3.05, 3.63) is 92.4 Å². The Morgan fingerprint density at radius 2 is 1.88 bits per heavy atom. The van der Waals surface area contributed by atoms with Crippen LogP contribution in [0.5, 0.6) is 11.5 Å². The van der Waals surface area contributed by atoms with Gasteiger partial charge in [-0.15, -0.1) is 0 Å². The second kappa shape index (κ2) is 10.9. The lowest BCUT2D eigenvalue weighted by Crippen LogP contribution is -2.13. The summed E-state index contributed by atoms with van der Waals surface area (Å²) in [5, 5.41) is 13.5. The second-order valence-electron chi connectivity index (χ2n) is 6.58. The number of nitrogens with zero attached hydrogens (tertiary/aromatic N) is 1. The van der Waals surface area contributed by atoms with E-state index in [0.717, 1.165) is 5.56 Å². The number of anilines is 1. The third-order valence-electron chi connectivity index (χ3n) is 4.35. The van der Waals surface area contributed by atoms with E-state index in [0.29, 0.717) is 37.8 Å². The van der Waals surface area contributed by atoms with E-state index < -0.39 is 5.91 Å². The molecule has 0 aliphatic rings. The first-order valence-corrected chi connectivity index (χ1v) is 10.5. The summed E-state index contributed by atoms with van der Waals surface area (Å²) in [5.74, 6) is 0.424. The van der Waals surface area contributed by atoms with Crippen molar-refractivity contribution in [3.63, 3.8) is 0 Å². The van der Waals surface area contributed by atoms with Gasteiger partial charge in [-0.2, -0.15) is 5.26 Å². The quantitative estimate of drug-likeness (QED) is 0.294. The number of amides is 1. The van der Waals surface area contributed by atoms with Gasteiger partial charge in [-0.25, -0.2) is 0 Å². The number of rotatable bonds is 7. The smallest absolute Gasteiger partial charge is 0.266 e. The van der Waals surface area contributed by atoms with Gasteiger partial charge in [-0.05, 0) is 54.1 Å². The number of carbonyl (C=O) groups is 1. The van der Waals surface area contributed by atoms with Crippen molar-refractivity contribution in [1.29, 1.82) is 5.26 Å². The number of halogens is 3. The predicted molar refractivity (Wildman–Crippen MR) is 127 cm³/mol. The monoisotopic (exact) mass is 486 g/mol. The molecule has 0 saturated carbocycles. The SMILES string of the molecule is COc1ccc(/C=C(\C#N)C(=O)Nc2cccc(Cl)c2)c(OCc2ccc(Cl)c(Cl)c2)c1. The van der Waals surface area contributed by atoms with Crippen LogP contribution in [0, 0.1) is 11.3 Å². The van der Waals surface area contributed by atoms with Gasteiger partial charge in [0.25, 0.3) is 5.91 Å². The van der Waals surface area contributed by atoms with Crippen LogP contribution < -0.4 is 14.8 Å². The van der Waals surface area contributed by atoms with Gasteiger partial charge in [0, 0.05) is 22.3 Å². The van der Waals surface area contributed by atoms with Gasteiger partial charge in [0.15, 0.2) is 0 Å². The molecular formula is C24H17Cl3N2O3. The largest absolute Gasteiger partial charge is 0.497 e. The number of ether oxygens (including phenoxy) is 2. The molecule has 0 aromatic heterocycles. The second-order valence-corrected chi connectivity index (χ2v) is 7.83. The van der Waals surface area contributed by atoms with Gasteiger partial charge < -0.3 is 14.8 Å². The number of hydrogen-bond acceptors (Lipinski definition) is 4.